The number of anilines is 2. The van der Waals surface area contributed by atoms with Gasteiger partial charge in [-0.05, 0) is 62.1 Å². The zero-order valence-electron chi connectivity index (χ0n) is 19.0. The third-order valence-electron chi connectivity index (χ3n) is 6.21. The number of aryl methyl sites for hydroxylation is 2. The van der Waals surface area contributed by atoms with Gasteiger partial charge in [0.05, 0.1) is 24.9 Å². The number of ether oxygens (including phenoxy) is 1. The van der Waals surface area contributed by atoms with E-state index in [1.165, 1.54) is 0 Å². The number of benzene rings is 2. The number of rotatable bonds is 5. The summed E-state index contributed by atoms with van der Waals surface area (Å²) >= 11 is 1.56. The molecule has 1 amide bonds. The maximum Gasteiger partial charge on any atom is 0.229 e. The number of para-hydroxylation sites is 1. The molecular weight excluding hydrogens is 434 g/mol. The van der Waals surface area contributed by atoms with Crippen molar-refractivity contribution in [2.75, 3.05) is 30.4 Å². The fraction of sp³-hybridized carbons (Fsp3) is 0.320. The highest BCUT2D eigenvalue weighted by molar-refractivity contribution is 7.20. The number of carbonyl (C=O) groups excluding carboxylic acids is 1. The van der Waals surface area contributed by atoms with Gasteiger partial charge in [0, 0.05) is 24.3 Å². The Bertz CT molecular complexity index is 1240. The molecule has 5 rings (SSSR count). The van der Waals surface area contributed by atoms with Crippen LogP contribution in [0, 0.1) is 19.8 Å². The molecule has 0 saturated carbocycles. The van der Waals surface area contributed by atoms with Crippen LogP contribution in [0.1, 0.15) is 24.0 Å². The van der Waals surface area contributed by atoms with Crippen molar-refractivity contribution in [1.29, 1.82) is 0 Å². The van der Waals surface area contributed by atoms with Gasteiger partial charge in [0.25, 0.3) is 0 Å². The van der Waals surface area contributed by atoms with Crippen molar-refractivity contribution in [1.82, 2.24) is 14.6 Å². The number of amides is 1. The lowest BCUT2D eigenvalue weighted by atomic mass is 9.97. The van der Waals surface area contributed by atoms with E-state index >= 15 is 0 Å². The quantitative estimate of drug-likeness (QED) is 0.456. The molecule has 0 spiro atoms. The van der Waals surface area contributed by atoms with Crippen LogP contribution in [-0.4, -0.2) is 40.7 Å². The van der Waals surface area contributed by atoms with Crippen LogP contribution < -0.4 is 15.0 Å². The Kier molecular flexibility index (Phi) is 5.76. The molecule has 1 aliphatic heterocycles. The fourth-order valence-electron chi connectivity index (χ4n) is 4.32. The second-order valence-corrected chi connectivity index (χ2v) is 9.44. The smallest absolute Gasteiger partial charge is 0.229 e. The molecule has 8 heteroatoms. The average Bonchev–Trinajstić information content (AvgIpc) is 3.41. The molecule has 7 nitrogen and oxygen atoms in total. The molecule has 33 heavy (non-hydrogen) atoms. The maximum absolute atomic E-state index is 13.0. The SMILES string of the molecule is COc1ccc(-c2cn3nc(N4CCC[C@@H](C(=O)Nc5c(C)cccc5C)C4)sc3n2)cc1. The number of methoxy groups -OCH3 is 1. The summed E-state index contributed by atoms with van der Waals surface area (Å²) in [5.74, 6) is 0.838. The highest BCUT2D eigenvalue weighted by atomic mass is 32.1. The molecule has 1 aliphatic rings. The van der Waals surface area contributed by atoms with E-state index in [9.17, 15) is 4.79 Å². The third-order valence-corrected chi connectivity index (χ3v) is 7.19. The van der Waals surface area contributed by atoms with E-state index in [1.54, 1.807) is 18.4 Å². The second-order valence-electron chi connectivity index (χ2n) is 8.51. The Hall–Kier alpha value is -3.39. The predicted molar refractivity (Wildman–Crippen MR) is 132 cm³/mol. The molecule has 0 bridgehead atoms. The van der Waals surface area contributed by atoms with Gasteiger partial charge < -0.3 is 15.0 Å². The van der Waals surface area contributed by atoms with Crippen molar-refractivity contribution < 1.29 is 9.53 Å². The van der Waals surface area contributed by atoms with Gasteiger partial charge in [0.2, 0.25) is 16.0 Å². The molecule has 4 aromatic rings. The van der Waals surface area contributed by atoms with Crippen LogP contribution in [0.2, 0.25) is 0 Å². The van der Waals surface area contributed by atoms with E-state index in [0.29, 0.717) is 6.54 Å². The summed E-state index contributed by atoms with van der Waals surface area (Å²) in [6.45, 7) is 5.62. The number of fused-ring (bicyclic) bond motifs is 1. The Labute approximate surface area is 197 Å². The largest absolute Gasteiger partial charge is 0.497 e. The number of nitrogens with one attached hydrogen (secondary N) is 1. The lowest BCUT2D eigenvalue weighted by Crippen LogP contribution is -2.41. The van der Waals surface area contributed by atoms with Gasteiger partial charge in [-0.2, -0.15) is 0 Å². The summed E-state index contributed by atoms with van der Waals surface area (Å²) in [6.07, 6.45) is 3.80. The number of carbonyl (C=O) groups is 1. The first kappa shape index (κ1) is 21.5. The van der Waals surface area contributed by atoms with Crippen LogP contribution in [0.5, 0.6) is 5.75 Å². The minimum Gasteiger partial charge on any atom is -0.497 e. The van der Waals surface area contributed by atoms with Crippen LogP contribution in [0.3, 0.4) is 0 Å². The van der Waals surface area contributed by atoms with E-state index in [-0.39, 0.29) is 11.8 Å². The van der Waals surface area contributed by atoms with Crippen LogP contribution in [-0.2, 0) is 4.79 Å². The minimum atomic E-state index is -0.0659. The second kappa shape index (κ2) is 8.86. The normalized spacial score (nSPS) is 16.2. The standard InChI is InChI=1S/C25H27N5O2S/c1-16-6-4-7-17(2)22(16)27-23(31)19-8-5-13-29(14-19)25-28-30-15-21(26-24(30)33-25)18-9-11-20(32-3)12-10-18/h4,6-7,9-12,15,19H,5,8,13-14H2,1-3H3,(H,27,31)/t19-/m1/s1. The first-order valence-corrected chi connectivity index (χ1v) is 12.0. The summed E-state index contributed by atoms with van der Waals surface area (Å²) < 4.78 is 7.07. The Balaban J connectivity index is 1.30. The Morgan fingerprint density at radius 3 is 2.61 bits per heavy atom. The topological polar surface area (TPSA) is 71.8 Å². The van der Waals surface area contributed by atoms with Crippen molar-refractivity contribution in [3.63, 3.8) is 0 Å². The molecule has 0 radical (unpaired) electrons. The molecule has 0 aliphatic carbocycles. The average molecular weight is 462 g/mol. The molecule has 3 heterocycles. The number of piperidine rings is 1. The van der Waals surface area contributed by atoms with Crippen molar-refractivity contribution in [2.24, 2.45) is 5.92 Å². The number of imidazole rings is 1. The monoisotopic (exact) mass is 461 g/mol. The zero-order valence-corrected chi connectivity index (χ0v) is 19.9. The summed E-state index contributed by atoms with van der Waals surface area (Å²) in [5, 5.41) is 8.84. The maximum atomic E-state index is 13.0. The third kappa shape index (κ3) is 4.30. The van der Waals surface area contributed by atoms with Crippen LogP contribution in [0.15, 0.2) is 48.7 Å². The Morgan fingerprint density at radius 2 is 1.91 bits per heavy atom. The Morgan fingerprint density at radius 1 is 1.15 bits per heavy atom. The van der Waals surface area contributed by atoms with Gasteiger partial charge in [0.15, 0.2) is 0 Å². The van der Waals surface area contributed by atoms with Crippen LogP contribution in [0.25, 0.3) is 16.2 Å². The molecule has 0 unspecified atom stereocenters. The summed E-state index contributed by atoms with van der Waals surface area (Å²) in [4.78, 5) is 20.9. The zero-order chi connectivity index (χ0) is 22.9. The van der Waals surface area contributed by atoms with E-state index in [4.69, 9.17) is 14.8 Å². The first-order chi connectivity index (χ1) is 16.0. The lowest BCUT2D eigenvalue weighted by Gasteiger charge is -2.31. The molecule has 1 fully saturated rings. The van der Waals surface area contributed by atoms with Gasteiger partial charge in [-0.25, -0.2) is 9.50 Å². The van der Waals surface area contributed by atoms with Gasteiger partial charge in [-0.1, -0.05) is 29.5 Å². The highest BCUT2D eigenvalue weighted by Gasteiger charge is 2.28. The van der Waals surface area contributed by atoms with Gasteiger partial charge in [0.1, 0.15) is 5.75 Å². The molecule has 170 valence electrons. The number of hydrogen-bond acceptors (Lipinski definition) is 6. The summed E-state index contributed by atoms with van der Waals surface area (Å²) in [7, 11) is 1.66. The van der Waals surface area contributed by atoms with Crippen molar-refractivity contribution in [2.45, 2.75) is 26.7 Å². The number of aromatic nitrogens is 3. The van der Waals surface area contributed by atoms with Gasteiger partial charge in [-0.3, -0.25) is 4.79 Å². The number of nitrogens with zero attached hydrogens (tertiary/aromatic N) is 4. The summed E-state index contributed by atoms with van der Waals surface area (Å²) in [6, 6.07) is 13.9. The van der Waals surface area contributed by atoms with Gasteiger partial charge in [-0.15, -0.1) is 5.10 Å². The van der Waals surface area contributed by atoms with E-state index in [2.05, 4.69) is 10.2 Å². The van der Waals surface area contributed by atoms with E-state index < -0.39 is 0 Å². The molecule has 1 saturated heterocycles. The molecular formula is C25H27N5O2S. The van der Waals surface area contributed by atoms with Crippen molar-refractivity contribution in [3.8, 4) is 17.0 Å². The minimum absolute atomic E-state index is 0.0659. The predicted octanol–water partition coefficient (Wildman–Crippen LogP) is 4.94. The molecule has 2 aromatic heterocycles. The first-order valence-electron chi connectivity index (χ1n) is 11.1. The molecule has 1 N–H and O–H groups in total. The van der Waals surface area contributed by atoms with Crippen molar-refractivity contribution in [3.05, 3.63) is 59.8 Å². The molecule has 1 atom stereocenters. The van der Waals surface area contributed by atoms with Crippen LogP contribution in [0.4, 0.5) is 10.8 Å². The number of hydrogen-bond donors (Lipinski definition) is 1. The summed E-state index contributed by atoms with van der Waals surface area (Å²) in [5.41, 5.74) is 5.01. The fourth-order valence-corrected chi connectivity index (χ4v) is 5.24. The lowest BCUT2D eigenvalue weighted by molar-refractivity contribution is -0.120. The molecule has 2 aromatic carbocycles. The van der Waals surface area contributed by atoms with Crippen molar-refractivity contribution >= 4 is 33.0 Å². The van der Waals surface area contributed by atoms with E-state index in [1.807, 2.05) is 67.0 Å². The van der Waals surface area contributed by atoms with Gasteiger partial charge >= 0.3 is 0 Å². The van der Waals surface area contributed by atoms with Crippen LogP contribution >= 0.6 is 11.3 Å². The highest BCUT2D eigenvalue weighted by Crippen LogP contribution is 2.31. The van der Waals surface area contributed by atoms with E-state index in [0.717, 1.165) is 63.3 Å².